The molecule has 25 heavy (non-hydrogen) atoms. The van der Waals surface area contributed by atoms with Gasteiger partial charge in [-0.2, -0.15) is 0 Å². The molecule has 5 nitrogen and oxygen atoms in total. The van der Waals surface area contributed by atoms with Crippen molar-refractivity contribution < 1.29 is 14.0 Å². The summed E-state index contributed by atoms with van der Waals surface area (Å²) in [6.45, 7) is 6.41. The number of piperidine rings is 1. The maximum atomic E-state index is 13.3. The highest BCUT2D eigenvalue weighted by Gasteiger charge is 2.25. The van der Waals surface area contributed by atoms with Crippen molar-refractivity contribution in [1.29, 1.82) is 0 Å². The molecule has 1 saturated heterocycles. The molecule has 1 aromatic carbocycles. The Morgan fingerprint density at radius 1 is 1.36 bits per heavy atom. The monoisotopic (exact) mass is 349 g/mol. The number of benzene rings is 1. The van der Waals surface area contributed by atoms with E-state index in [-0.39, 0.29) is 29.6 Å². The molecule has 1 aliphatic rings. The molecule has 6 heteroatoms. The normalized spacial score (nSPS) is 18.2. The van der Waals surface area contributed by atoms with E-state index in [1.807, 2.05) is 19.9 Å². The number of hydrogen-bond acceptors (Lipinski definition) is 3. The van der Waals surface area contributed by atoms with Crippen LogP contribution in [-0.2, 0) is 16.1 Å². The van der Waals surface area contributed by atoms with Gasteiger partial charge in [0.2, 0.25) is 11.8 Å². The largest absolute Gasteiger partial charge is 0.355 e. The number of rotatable bonds is 7. The quantitative estimate of drug-likeness (QED) is 0.792. The lowest BCUT2D eigenvalue weighted by Crippen LogP contribution is -2.43. The number of amides is 2. The van der Waals surface area contributed by atoms with Crippen LogP contribution in [0.1, 0.15) is 38.7 Å². The van der Waals surface area contributed by atoms with Gasteiger partial charge in [-0.3, -0.25) is 14.5 Å². The summed E-state index contributed by atoms with van der Waals surface area (Å²) in [6, 6.07) is 6.70. The predicted octanol–water partition coefficient (Wildman–Crippen LogP) is 2.07. The molecule has 0 bridgehead atoms. The number of nitrogens with one attached hydrogen (secondary N) is 2. The number of hydrogen-bond donors (Lipinski definition) is 2. The van der Waals surface area contributed by atoms with Crippen LogP contribution >= 0.6 is 0 Å². The minimum absolute atomic E-state index is 0.00119. The molecule has 0 unspecified atom stereocenters. The van der Waals surface area contributed by atoms with E-state index >= 15 is 0 Å². The Hall–Kier alpha value is -1.95. The molecule has 1 aliphatic heterocycles. The van der Waals surface area contributed by atoms with Gasteiger partial charge in [-0.05, 0) is 50.9 Å². The second-order valence-corrected chi connectivity index (χ2v) is 6.97. The van der Waals surface area contributed by atoms with Crippen LogP contribution in [0.15, 0.2) is 24.3 Å². The smallest absolute Gasteiger partial charge is 0.224 e. The first-order valence-corrected chi connectivity index (χ1v) is 8.98. The predicted molar refractivity (Wildman–Crippen MR) is 95.3 cm³/mol. The lowest BCUT2D eigenvalue weighted by Gasteiger charge is -2.32. The van der Waals surface area contributed by atoms with Crippen molar-refractivity contribution in [1.82, 2.24) is 15.5 Å². The molecule has 2 rings (SSSR count). The van der Waals surface area contributed by atoms with Crippen molar-refractivity contribution in [3.8, 4) is 0 Å². The van der Waals surface area contributed by atoms with E-state index in [0.717, 1.165) is 24.9 Å². The van der Waals surface area contributed by atoms with E-state index in [1.165, 1.54) is 12.1 Å². The van der Waals surface area contributed by atoms with Gasteiger partial charge in [0, 0.05) is 32.1 Å². The average molecular weight is 349 g/mol. The highest BCUT2D eigenvalue weighted by molar-refractivity contribution is 5.80. The van der Waals surface area contributed by atoms with Crippen LogP contribution in [0.5, 0.6) is 0 Å². The molecule has 1 fully saturated rings. The number of carbonyl (C=O) groups is 2. The summed E-state index contributed by atoms with van der Waals surface area (Å²) in [7, 11) is 0. The molecule has 1 atom stereocenters. The van der Waals surface area contributed by atoms with Crippen LogP contribution in [0.4, 0.5) is 4.39 Å². The summed E-state index contributed by atoms with van der Waals surface area (Å²) < 4.78 is 13.3. The Labute approximate surface area is 149 Å². The fourth-order valence-corrected chi connectivity index (χ4v) is 3.14. The third-order valence-corrected chi connectivity index (χ3v) is 4.27. The third-order valence-electron chi connectivity index (χ3n) is 4.27. The molecule has 0 aliphatic carbocycles. The minimum Gasteiger partial charge on any atom is -0.355 e. The van der Waals surface area contributed by atoms with Gasteiger partial charge in [0.1, 0.15) is 5.82 Å². The van der Waals surface area contributed by atoms with E-state index in [0.29, 0.717) is 26.1 Å². The summed E-state index contributed by atoms with van der Waals surface area (Å²) in [5.41, 5.74) is 0.923. The summed E-state index contributed by atoms with van der Waals surface area (Å²) in [5.74, 6) is -0.355. The molecule has 2 N–H and O–H groups in total. The van der Waals surface area contributed by atoms with Gasteiger partial charge < -0.3 is 10.6 Å². The van der Waals surface area contributed by atoms with Crippen molar-refractivity contribution >= 4 is 11.8 Å². The Bertz CT molecular complexity index is 592. The van der Waals surface area contributed by atoms with Crippen LogP contribution in [0.25, 0.3) is 0 Å². The van der Waals surface area contributed by atoms with Gasteiger partial charge in [-0.15, -0.1) is 0 Å². The number of likely N-dealkylation sites (tertiary alicyclic amines) is 1. The summed E-state index contributed by atoms with van der Waals surface area (Å²) in [4.78, 5) is 26.1. The fraction of sp³-hybridized carbons (Fsp3) is 0.579. The van der Waals surface area contributed by atoms with Crippen molar-refractivity contribution in [3.05, 3.63) is 35.6 Å². The molecule has 1 heterocycles. The van der Waals surface area contributed by atoms with Gasteiger partial charge in [0.05, 0.1) is 5.92 Å². The molecular weight excluding hydrogens is 321 g/mol. The van der Waals surface area contributed by atoms with E-state index in [2.05, 4.69) is 15.5 Å². The van der Waals surface area contributed by atoms with Crippen molar-refractivity contribution in [2.24, 2.45) is 5.92 Å². The van der Waals surface area contributed by atoms with Gasteiger partial charge in [-0.1, -0.05) is 12.1 Å². The van der Waals surface area contributed by atoms with E-state index in [1.54, 1.807) is 6.07 Å². The van der Waals surface area contributed by atoms with E-state index in [4.69, 9.17) is 0 Å². The Morgan fingerprint density at radius 2 is 2.16 bits per heavy atom. The highest BCUT2D eigenvalue weighted by atomic mass is 19.1. The summed E-state index contributed by atoms with van der Waals surface area (Å²) in [5, 5.41) is 5.67. The van der Waals surface area contributed by atoms with Gasteiger partial charge >= 0.3 is 0 Å². The lowest BCUT2D eigenvalue weighted by molar-refractivity contribution is -0.127. The molecule has 0 saturated carbocycles. The summed E-state index contributed by atoms with van der Waals surface area (Å²) in [6.07, 6.45) is 2.09. The maximum Gasteiger partial charge on any atom is 0.224 e. The number of halogens is 1. The Morgan fingerprint density at radius 3 is 2.88 bits per heavy atom. The first-order chi connectivity index (χ1) is 11.9. The lowest BCUT2D eigenvalue weighted by atomic mass is 9.96. The van der Waals surface area contributed by atoms with Crippen LogP contribution in [0.3, 0.4) is 0 Å². The average Bonchev–Trinajstić information content (AvgIpc) is 2.54. The van der Waals surface area contributed by atoms with Crippen molar-refractivity contribution in [3.63, 3.8) is 0 Å². The van der Waals surface area contributed by atoms with Crippen molar-refractivity contribution in [2.45, 2.75) is 45.7 Å². The molecule has 2 amide bonds. The molecular formula is C19H28FN3O2. The van der Waals surface area contributed by atoms with Gasteiger partial charge in [-0.25, -0.2) is 4.39 Å². The summed E-state index contributed by atoms with van der Waals surface area (Å²) >= 11 is 0. The van der Waals surface area contributed by atoms with Gasteiger partial charge in [0.15, 0.2) is 0 Å². The van der Waals surface area contributed by atoms with Gasteiger partial charge in [0.25, 0.3) is 0 Å². The zero-order chi connectivity index (χ0) is 18.2. The molecule has 1 aromatic rings. The SMILES string of the molecule is CC(C)NC(=O)CCNC(=O)[C@@H]1CCCN(Cc2cccc(F)c2)C1. The van der Waals surface area contributed by atoms with Crippen LogP contribution < -0.4 is 10.6 Å². The topological polar surface area (TPSA) is 61.4 Å². The number of nitrogens with zero attached hydrogens (tertiary/aromatic N) is 1. The maximum absolute atomic E-state index is 13.3. The molecule has 0 radical (unpaired) electrons. The third kappa shape index (κ3) is 6.82. The second-order valence-electron chi connectivity index (χ2n) is 6.97. The van der Waals surface area contributed by atoms with Crippen LogP contribution in [-0.4, -0.2) is 42.4 Å². The first kappa shape index (κ1) is 19.4. The zero-order valence-corrected chi connectivity index (χ0v) is 15.1. The Balaban J connectivity index is 1.76. The second kappa shape index (κ2) is 9.51. The standard InChI is InChI=1S/C19H28FN3O2/c1-14(2)22-18(24)8-9-21-19(25)16-6-4-10-23(13-16)12-15-5-3-7-17(20)11-15/h3,5,7,11,14,16H,4,6,8-10,12-13H2,1-2H3,(H,21,25)(H,22,24)/t16-/m1/s1. The fourth-order valence-electron chi connectivity index (χ4n) is 3.14. The molecule has 0 aromatic heterocycles. The molecule has 138 valence electrons. The highest BCUT2D eigenvalue weighted by Crippen LogP contribution is 2.19. The van der Waals surface area contributed by atoms with Crippen LogP contribution in [0, 0.1) is 11.7 Å². The molecule has 0 spiro atoms. The van der Waals surface area contributed by atoms with E-state index in [9.17, 15) is 14.0 Å². The van der Waals surface area contributed by atoms with E-state index < -0.39 is 0 Å². The van der Waals surface area contributed by atoms with Crippen LogP contribution in [0.2, 0.25) is 0 Å². The number of carbonyl (C=O) groups excluding carboxylic acids is 2. The zero-order valence-electron chi connectivity index (χ0n) is 15.1. The van der Waals surface area contributed by atoms with Crippen molar-refractivity contribution in [2.75, 3.05) is 19.6 Å². The minimum atomic E-state index is -0.233. The Kier molecular flexibility index (Phi) is 7.37. The first-order valence-electron chi connectivity index (χ1n) is 8.98.